The number of ether oxygens (including phenoxy) is 1. The minimum Gasteiger partial charge on any atom is -0.457 e. The molecule has 14 heavy (non-hydrogen) atoms. The van der Waals surface area contributed by atoms with E-state index in [1.807, 2.05) is 45.1 Å². The van der Waals surface area contributed by atoms with E-state index in [1.165, 1.54) is 0 Å². The molecule has 0 N–H and O–H groups in total. The van der Waals surface area contributed by atoms with E-state index in [-0.39, 0.29) is 5.97 Å². The number of carbonyl (C=O) groups is 1. The Labute approximate surface area is 85.0 Å². The summed E-state index contributed by atoms with van der Waals surface area (Å²) in [6.45, 7) is 5.61. The highest BCUT2D eigenvalue weighted by Crippen LogP contribution is 2.14. The lowest BCUT2D eigenvalue weighted by atomic mass is 10.1. The molecule has 2 heteroatoms. The molecule has 0 bridgehead atoms. The average molecular weight is 192 g/mol. The van der Waals surface area contributed by atoms with Gasteiger partial charge in [0.1, 0.15) is 5.60 Å². The van der Waals surface area contributed by atoms with Gasteiger partial charge < -0.3 is 4.74 Å². The quantitative estimate of drug-likeness (QED) is 0.597. The Bertz CT molecular complexity index is 301. The standard InChI is InChI=1S/C12H16O2/c1-12(2,3)14-11(13)10-8-6-4-5-7-9-10/h4-8H,9H2,1-3H3. The number of esters is 1. The van der Waals surface area contributed by atoms with Crippen molar-refractivity contribution in [3.63, 3.8) is 0 Å². The van der Waals surface area contributed by atoms with Crippen LogP contribution in [0.5, 0.6) is 0 Å². The Kier molecular flexibility index (Phi) is 3.28. The fourth-order valence-electron chi connectivity index (χ4n) is 1.07. The van der Waals surface area contributed by atoms with Gasteiger partial charge in [0.15, 0.2) is 0 Å². The second-order valence-corrected chi connectivity index (χ2v) is 4.21. The van der Waals surface area contributed by atoms with Crippen LogP contribution in [0.3, 0.4) is 0 Å². The second kappa shape index (κ2) is 4.27. The fourth-order valence-corrected chi connectivity index (χ4v) is 1.07. The van der Waals surface area contributed by atoms with Crippen LogP contribution in [0.25, 0.3) is 0 Å². The Balaban J connectivity index is 2.66. The molecule has 0 saturated heterocycles. The lowest BCUT2D eigenvalue weighted by molar-refractivity contribution is -0.149. The summed E-state index contributed by atoms with van der Waals surface area (Å²) in [6.07, 6.45) is 10.1. The normalized spacial score (nSPS) is 16.1. The zero-order chi connectivity index (χ0) is 10.6. The van der Waals surface area contributed by atoms with Crippen molar-refractivity contribution >= 4 is 5.97 Å². The minimum atomic E-state index is -0.419. The van der Waals surface area contributed by atoms with Crippen LogP contribution in [0.4, 0.5) is 0 Å². The topological polar surface area (TPSA) is 26.3 Å². The van der Waals surface area contributed by atoms with Crippen molar-refractivity contribution in [2.24, 2.45) is 0 Å². The van der Waals surface area contributed by atoms with Gasteiger partial charge in [0.2, 0.25) is 0 Å². The average Bonchev–Trinajstić information content (AvgIpc) is 2.27. The molecule has 0 radical (unpaired) electrons. The molecule has 0 atom stereocenters. The van der Waals surface area contributed by atoms with Crippen LogP contribution in [0, 0.1) is 0 Å². The van der Waals surface area contributed by atoms with Crippen LogP contribution in [-0.4, -0.2) is 11.6 Å². The SMILES string of the molecule is CC(C)(C)OC(=O)C1=CC=CC=CC1. The number of carbonyl (C=O) groups excluding carboxylic acids is 1. The highest BCUT2D eigenvalue weighted by Gasteiger charge is 2.18. The van der Waals surface area contributed by atoms with Crippen molar-refractivity contribution < 1.29 is 9.53 Å². The summed E-state index contributed by atoms with van der Waals surface area (Å²) in [5, 5.41) is 0. The molecular formula is C12H16O2. The third kappa shape index (κ3) is 3.60. The Morgan fingerprint density at radius 3 is 2.64 bits per heavy atom. The van der Waals surface area contributed by atoms with Gasteiger partial charge in [-0.05, 0) is 27.2 Å². The van der Waals surface area contributed by atoms with Gasteiger partial charge in [-0.2, -0.15) is 0 Å². The minimum absolute atomic E-state index is 0.228. The summed E-state index contributed by atoms with van der Waals surface area (Å²) in [5.41, 5.74) is 0.280. The zero-order valence-electron chi connectivity index (χ0n) is 8.91. The molecule has 1 aliphatic carbocycles. The van der Waals surface area contributed by atoms with Gasteiger partial charge in [-0.15, -0.1) is 0 Å². The van der Waals surface area contributed by atoms with Gasteiger partial charge in [-0.1, -0.05) is 30.4 Å². The van der Waals surface area contributed by atoms with E-state index in [0.717, 1.165) is 0 Å². The molecule has 2 nitrogen and oxygen atoms in total. The van der Waals surface area contributed by atoms with Crippen LogP contribution in [0.1, 0.15) is 27.2 Å². The van der Waals surface area contributed by atoms with Crippen molar-refractivity contribution in [1.29, 1.82) is 0 Å². The number of allylic oxidation sites excluding steroid dienone is 5. The Morgan fingerprint density at radius 2 is 2.00 bits per heavy atom. The summed E-state index contributed by atoms with van der Waals surface area (Å²) >= 11 is 0. The Morgan fingerprint density at radius 1 is 1.29 bits per heavy atom. The van der Waals surface area contributed by atoms with Crippen LogP contribution < -0.4 is 0 Å². The molecule has 1 rings (SSSR count). The van der Waals surface area contributed by atoms with Gasteiger partial charge in [-0.25, -0.2) is 4.79 Å². The smallest absolute Gasteiger partial charge is 0.334 e. The van der Waals surface area contributed by atoms with Crippen molar-refractivity contribution in [3.8, 4) is 0 Å². The van der Waals surface area contributed by atoms with Gasteiger partial charge >= 0.3 is 5.97 Å². The number of rotatable bonds is 1. The fraction of sp³-hybridized carbons (Fsp3) is 0.417. The van der Waals surface area contributed by atoms with Crippen LogP contribution >= 0.6 is 0 Å². The molecule has 0 saturated carbocycles. The number of hydrogen-bond acceptors (Lipinski definition) is 2. The highest BCUT2D eigenvalue weighted by atomic mass is 16.6. The van der Waals surface area contributed by atoms with E-state index in [1.54, 1.807) is 6.08 Å². The molecule has 1 aliphatic rings. The van der Waals surface area contributed by atoms with Gasteiger partial charge in [-0.3, -0.25) is 0 Å². The van der Waals surface area contributed by atoms with E-state index in [9.17, 15) is 4.79 Å². The van der Waals surface area contributed by atoms with Crippen LogP contribution in [-0.2, 0) is 9.53 Å². The lowest BCUT2D eigenvalue weighted by Crippen LogP contribution is -2.24. The van der Waals surface area contributed by atoms with Crippen LogP contribution in [0.15, 0.2) is 36.0 Å². The third-order valence-corrected chi connectivity index (χ3v) is 1.65. The maximum atomic E-state index is 11.6. The molecule has 0 aromatic heterocycles. The lowest BCUT2D eigenvalue weighted by Gasteiger charge is -2.20. The molecule has 0 aliphatic heterocycles. The van der Waals surface area contributed by atoms with Crippen LogP contribution in [0.2, 0.25) is 0 Å². The molecule has 0 heterocycles. The summed E-state index contributed by atoms with van der Waals surface area (Å²) in [4.78, 5) is 11.6. The summed E-state index contributed by atoms with van der Waals surface area (Å²) in [5.74, 6) is -0.228. The largest absolute Gasteiger partial charge is 0.457 e. The first kappa shape index (κ1) is 10.8. The molecule has 0 spiro atoms. The van der Waals surface area contributed by atoms with E-state index in [4.69, 9.17) is 4.74 Å². The molecule has 0 fully saturated rings. The highest BCUT2D eigenvalue weighted by molar-refractivity contribution is 5.89. The van der Waals surface area contributed by atoms with E-state index < -0.39 is 5.60 Å². The summed E-state index contributed by atoms with van der Waals surface area (Å²) in [7, 11) is 0. The zero-order valence-corrected chi connectivity index (χ0v) is 8.91. The van der Waals surface area contributed by atoms with Crippen molar-refractivity contribution in [3.05, 3.63) is 36.0 Å². The van der Waals surface area contributed by atoms with Gasteiger partial charge in [0.05, 0.1) is 0 Å². The molecular weight excluding hydrogens is 176 g/mol. The molecule has 0 aromatic carbocycles. The number of hydrogen-bond donors (Lipinski definition) is 0. The molecule has 0 aromatic rings. The Hall–Kier alpha value is -1.31. The summed E-state index contributed by atoms with van der Waals surface area (Å²) < 4.78 is 5.26. The van der Waals surface area contributed by atoms with Crippen molar-refractivity contribution in [1.82, 2.24) is 0 Å². The predicted molar refractivity (Wildman–Crippen MR) is 56.8 cm³/mol. The van der Waals surface area contributed by atoms with E-state index in [0.29, 0.717) is 12.0 Å². The first-order valence-electron chi connectivity index (χ1n) is 4.75. The van der Waals surface area contributed by atoms with E-state index in [2.05, 4.69) is 0 Å². The second-order valence-electron chi connectivity index (χ2n) is 4.21. The van der Waals surface area contributed by atoms with Crippen molar-refractivity contribution in [2.75, 3.05) is 0 Å². The predicted octanol–water partition coefficient (Wildman–Crippen LogP) is 2.77. The van der Waals surface area contributed by atoms with Crippen molar-refractivity contribution in [2.45, 2.75) is 32.8 Å². The van der Waals surface area contributed by atoms with Gasteiger partial charge in [0, 0.05) is 5.57 Å². The van der Waals surface area contributed by atoms with E-state index >= 15 is 0 Å². The maximum absolute atomic E-state index is 11.6. The third-order valence-electron chi connectivity index (χ3n) is 1.65. The molecule has 0 amide bonds. The maximum Gasteiger partial charge on any atom is 0.334 e. The summed E-state index contributed by atoms with van der Waals surface area (Å²) in [6, 6.07) is 0. The first-order valence-corrected chi connectivity index (χ1v) is 4.75. The first-order chi connectivity index (χ1) is 6.49. The van der Waals surface area contributed by atoms with Gasteiger partial charge in [0.25, 0.3) is 0 Å². The monoisotopic (exact) mass is 192 g/mol. The molecule has 0 unspecified atom stereocenters. The molecule has 76 valence electrons.